The molecular formula is C17H23N3OS. The van der Waals surface area contributed by atoms with Crippen LogP contribution in [0.25, 0.3) is 0 Å². The largest absolute Gasteiger partial charge is 0.339 e. The van der Waals surface area contributed by atoms with Crippen molar-refractivity contribution in [2.24, 2.45) is 0 Å². The van der Waals surface area contributed by atoms with Gasteiger partial charge < -0.3 is 9.42 Å². The molecule has 0 saturated carbocycles. The monoisotopic (exact) mass is 317 g/mol. The molecule has 3 rings (SSSR count). The molecule has 1 fully saturated rings. The predicted octanol–water partition coefficient (Wildman–Crippen LogP) is 3.49. The molecule has 0 aliphatic carbocycles. The van der Waals surface area contributed by atoms with Crippen molar-refractivity contribution in [3.63, 3.8) is 0 Å². The van der Waals surface area contributed by atoms with Crippen LogP contribution in [0.5, 0.6) is 0 Å². The Labute approximate surface area is 136 Å². The lowest BCUT2D eigenvalue weighted by Gasteiger charge is -2.30. The van der Waals surface area contributed by atoms with Crippen molar-refractivity contribution < 1.29 is 4.52 Å². The van der Waals surface area contributed by atoms with E-state index in [1.54, 1.807) is 0 Å². The van der Waals surface area contributed by atoms with Crippen LogP contribution >= 0.6 is 11.8 Å². The summed E-state index contributed by atoms with van der Waals surface area (Å²) in [5.74, 6) is 4.24. The Hall–Kier alpha value is -1.33. The highest BCUT2D eigenvalue weighted by Crippen LogP contribution is 2.25. The number of hydrogen-bond acceptors (Lipinski definition) is 5. The van der Waals surface area contributed by atoms with Gasteiger partial charge >= 0.3 is 0 Å². The van der Waals surface area contributed by atoms with E-state index in [0.29, 0.717) is 5.92 Å². The zero-order valence-corrected chi connectivity index (χ0v) is 13.9. The first-order chi connectivity index (χ1) is 10.8. The van der Waals surface area contributed by atoms with E-state index in [0.717, 1.165) is 37.0 Å². The molecule has 22 heavy (non-hydrogen) atoms. The van der Waals surface area contributed by atoms with Crippen LogP contribution in [0.1, 0.15) is 36.0 Å². The summed E-state index contributed by atoms with van der Waals surface area (Å²) in [7, 11) is 0. The van der Waals surface area contributed by atoms with Gasteiger partial charge in [0.15, 0.2) is 5.82 Å². The number of rotatable bonds is 6. The molecule has 0 N–H and O–H groups in total. The van der Waals surface area contributed by atoms with Crippen LogP contribution in [-0.2, 0) is 5.75 Å². The molecule has 2 heterocycles. The first-order valence-electron chi connectivity index (χ1n) is 7.95. The van der Waals surface area contributed by atoms with Gasteiger partial charge in [-0.15, -0.1) is 0 Å². The maximum Gasteiger partial charge on any atom is 0.231 e. The molecule has 1 aromatic carbocycles. The standard InChI is InChI=1S/C17H23N3OS/c1-14-18-17(21-19-14)16-8-5-9-20(12-16)10-11-22-13-15-6-3-2-4-7-15/h2-4,6-7,16H,5,8-13H2,1H3. The van der Waals surface area contributed by atoms with Gasteiger partial charge in [0.05, 0.1) is 5.92 Å². The minimum Gasteiger partial charge on any atom is -0.339 e. The van der Waals surface area contributed by atoms with Gasteiger partial charge in [-0.2, -0.15) is 16.7 Å². The Bertz CT molecular complexity index is 572. The van der Waals surface area contributed by atoms with Gasteiger partial charge in [-0.25, -0.2) is 0 Å². The lowest BCUT2D eigenvalue weighted by Crippen LogP contribution is -2.36. The minimum atomic E-state index is 0.411. The maximum atomic E-state index is 5.34. The van der Waals surface area contributed by atoms with E-state index in [1.165, 1.54) is 24.3 Å². The molecule has 0 radical (unpaired) electrons. The Morgan fingerprint density at radius 3 is 2.95 bits per heavy atom. The van der Waals surface area contributed by atoms with Gasteiger partial charge in [0.2, 0.25) is 5.89 Å². The van der Waals surface area contributed by atoms with Gasteiger partial charge in [0.25, 0.3) is 0 Å². The van der Waals surface area contributed by atoms with E-state index in [1.807, 2.05) is 18.7 Å². The van der Waals surface area contributed by atoms with Crippen molar-refractivity contribution in [1.29, 1.82) is 0 Å². The Morgan fingerprint density at radius 1 is 1.32 bits per heavy atom. The smallest absolute Gasteiger partial charge is 0.231 e. The number of piperidine rings is 1. The van der Waals surface area contributed by atoms with Gasteiger partial charge in [0.1, 0.15) is 0 Å². The summed E-state index contributed by atoms with van der Waals surface area (Å²) in [4.78, 5) is 6.93. The molecular weight excluding hydrogens is 294 g/mol. The number of aromatic nitrogens is 2. The molecule has 1 atom stereocenters. The van der Waals surface area contributed by atoms with Crippen LogP contribution in [0.4, 0.5) is 0 Å². The summed E-state index contributed by atoms with van der Waals surface area (Å²) in [5, 5.41) is 3.92. The summed E-state index contributed by atoms with van der Waals surface area (Å²) < 4.78 is 5.34. The average molecular weight is 317 g/mol. The highest BCUT2D eigenvalue weighted by atomic mass is 32.2. The SMILES string of the molecule is Cc1noc(C2CCCN(CCSCc3ccccc3)C2)n1. The number of benzene rings is 1. The molecule has 5 heteroatoms. The molecule has 1 aromatic heterocycles. The number of likely N-dealkylation sites (tertiary alicyclic amines) is 1. The number of thioether (sulfide) groups is 1. The maximum absolute atomic E-state index is 5.34. The third-order valence-corrected chi connectivity index (χ3v) is 5.07. The first-order valence-corrected chi connectivity index (χ1v) is 9.11. The summed E-state index contributed by atoms with van der Waals surface area (Å²) >= 11 is 2.01. The van der Waals surface area contributed by atoms with Crippen LogP contribution in [-0.4, -0.2) is 40.4 Å². The molecule has 1 aliphatic rings. The van der Waals surface area contributed by atoms with E-state index >= 15 is 0 Å². The van der Waals surface area contributed by atoms with E-state index in [4.69, 9.17) is 4.52 Å². The Morgan fingerprint density at radius 2 is 2.18 bits per heavy atom. The first kappa shape index (κ1) is 15.6. The molecule has 1 unspecified atom stereocenters. The minimum absolute atomic E-state index is 0.411. The fraction of sp³-hybridized carbons (Fsp3) is 0.529. The normalized spacial score (nSPS) is 19.4. The van der Waals surface area contributed by atoms with Crippen molar-refractivity contribution >= 4 is 11.8 Å². The summed E-state index contributed by atoms with van der Waals surface area (Å²) in [6, 6.07) is 10.7. The Kier molecular flexibility index (Phi) is 5.51. The van der Waals surface area contributed by atoms with Crippen molar-refractivity contribution in [2.45, 2.75) is 31.4 Å². The van der Waals surface area contributed by atoms with Gasteiger partial charge in [-0.05, 0) is 31.9 Å². The third-order valence-electron chi connectivity index (χ3n) is 4.06. The molecule has 2 aromatic rings. The summed E-state index contributed by atoms with van der Waals surface area (Å²) in [6.45, 7) is 5.26. The van der Waals surface area contributed by atoms with Gasteiger partial charge in [0, 0.05) is 24.6 Å². The van der Waals surface area contributed by atoms with E-state index < -0.39 is 0 Å². The second-order valence-electron chi connectivity index (χ2n) is 5.86. The van der Waals surface area contributed by atoms with Gasteiger partial charge in [-0.1, -0.05) is 35.5 Å². The van der Waals surface area contributed by atoms with Crippen molar-refractivity contribution in [1.82, 2.24) is 15.0 Å². The van der Waals surface area contributed by atoms with Gasteiger partial charge in [-0.3, -0.25) is 0 Å². The van der Waals surface area contributed by atoms with E-state index in [9.17, 15) is 0 Å². The molecule has 0 bridgehead atoms. The van der Waals surface area contributed by atoms with Crippen LogP contribution in [0.3, 0.4) is 0 Å². The molecule has 118 valence electrons. The predicted molar refractivity (Wildman–Crippen MR) is 90.1 cm³/mol. The highest BCUT2D eigenvalue weighted by Gasteiger charge is 2.25. The van der Waals surface area contributed by atoms with Crippen molar-refractivity contribution in [3.05, 3.63) is 47.6 Å². The summed E-state index contributed by atoms with van der Waals surface area (Å²) in [6.07, 6.45) is 2.38. The second-order valence-corrected chi connectivity index (χ2v) is 6.96. The lowest BCUT2D eigenvalue weighted by atomic mass is 9.98. The fourth-order valence-electron chi connectivity index (χ4n) is 2.90. The molecule has 1 saturated heterocycles. The fourth-order valence-corrected chi connectivity index (χ4v) is 3.86. The number of nitrogens with zero attached hydrogens (tertiary/aromatic N) is 3. The van der Waals surface area contributed by atoms with Crippen LogP contribution in [0.15, 0.2) is 34.9 Å². The molecule has 1 aliphatic heterocycles. The zero-order valence-electron chi connectivity index (χ0n) is 13.1. The van der Waals surface area contributed by atoms with Crippen LogP contribution in [0, 0.1) is 6.92 Å². The topological polar surface area (TPSA) is 42.2 Å². The third kappa shape index (κ3) is 4.34. The molecule has 0 amide bonds. The van der Waals surface area contributed by atoms with Crippen molar-refractivity contribution in [2.75, 3.05) is 25.4 Å². The van der Waals surface area contributed by atoms with Crippen molar-refractivity contribution in [3.8, 4) is 0 Å². The van der Waals surface area contributed by atoms with E-state index in [2.05, 4.69) is 45.4 Å². The summed E-state index contributed by atoms with van der Waals surface area (Å²) in [5.41, 5.74) is 1.41. The average Bonchev–Trinajstić information content (AvgIpc) is 3.00. The van der Waals surface area contributed by atoms with Crippen LogP contribution in [0.2, 0.25) is 0 Å². The number of hydrogen-bond donors (Lipinski definition) is 0. The Balaban J connectivity index is 1.41. The molecule has 4 nitrogen and oxygen atoms in total. The van der Waals surface area contributed by atoms with Crippen LogP contribution < -0.4 is 0 Å². The highest BCUT2D eigenvalue weighted by molar-refractivity contribution is 7.98. The second kappa shape index (κ2) is 7.79. The zero-order chi connectivity index (χ0) is 15.2. The lowest BCUT2D eigenvalue weighted by molar-refractivity contribution is 0.196. The van der Waals surface area contributed by atoms with E-state index in [-0.39, 0.29) is 0 Å². The number of aryl methyl sites for hydroxylation is 1. The quantitative estimate of drug-likeness (QED) is 0.763. The molecule has 0 spiro atoms.